The number of anilines is 1. The number of benzene rings is 1. The Morgan fingerprint density at radius 3 is 2.96 bits per heavy atom. The molecule has 1 aliphatic rings. The van der Waals surface area contributed by atoms with Gasteiger partial charge in [0.15, 0.2) is 0 Å². The number of hydrogen-bond donors (Lipinski definition) is 2. The van der Waals surface area contributed by atoms with Gasteiger partial charge in [0.1, 0.15) is 12.1 Å². The number of rotatable bonds is 4. The average molecular weight is 364 g/mol. The van der Waals surface area contributed by atoms with E-state index in [1.165, 1.54) is 0 Å². The number of nitrogens with zero attached hydrogens (tertiary/aromatic N) is 4. The largest absolute Gasteiger partial charge is 0.362 e. The van der Waals surface area contributed by atoms with Crippen LogP contribution in [0.2, 0.25) is 0 Å². The molecular weight excluding hydrogens is 340 g/mol. The van der Waals surface area contributed by atoms with Crippen LogP contribution >= 0.6 is 0 Å². The summed E-state index contributed by atoms with van der Waals surface area (Å²) in [6.45, 7) is 1.13. The van der Waals surface area contributed by atoms with Crippen molar-refractivity contribution in [2.24, 2.45) is 5.73 Å². The third-order valence-corrected chi connectivity index (χ3v) is 5.15. The molecule has 0 saturated carbocycles. The van der Waals surface area contributed by atoms with E-state index in [2.05, 4.69) is 21.0 Å². The number of amides is 1. The number of H-pyrrole nitrogens is 1. The van der Waals surface area contributed by atoms with E-state index in [1.54, 1.807) is 6.33 Å². The Morgan fingerprint density at radius 1 is 1.33 bits per heavy atom. The highest BCUT2D eigenvalue weighted by Gasteiger charge is 2.28. The Morgan fingerprint density at radius 2 is 2.15 bits per heavy atom. The summed E-state index contributed by atoms with van der Waals surface area (Å²) in [7, 11) is 3.94. The second kappa shape index (κ2) is 7.00. The van der Waals surface area contributed by atoms with Gasteiger partial charge in [-0.15, -0.1) is 0 Å². The molecule has 1 atom stereocenters. The lowest BCUT2D eigenvalue weighted by molar-refractivity contribution is -0.133. The Hall–Kier alpha value is -2.93. The van der Waals surface area contributed by atoms with Gasteiger partial charge in [0.2, 0.25) is 5.91 Å². The molecule has 7 nitrogen and oxygen atoms in total. The number of aromatic nitrogens is 3. The predicted octanol–water partition coefficient (Wildman–Crippen LogP) is 1.48. The first-order valence-electron chi connectivity index (χ1n) is 9.14. The van der Waals surface area contributed by atoms with Crippen molar-refractivity contribution in [1.29, 1.82) is 0 Å². The van der Waals surface area contributed by atoms with Crippen LogP contribution in [-0.2, 0) is 24.2 Å². The monoisotopic (exact) mass is 364 g/mol. The fraction of sp³-hybridized carbons (Fsp3) is 0.350. The van der Waals surface area contributed by atoms with Crippen LogP contribution in [0.5, 0.6) is 0 Å². The number of para-hydroxylation sites is 1. The van der Waals surface area contributed by atoms with Crippen molar-refractivity contribution >= 4 is 22.6 Å². The second-order valence-corrected chi connectivity index (χ2v) is 7.20. The minimum atomic E-state index is -0.569. The third-order valence-electron chi connectivity index (χ3n) is 5.15. The minimum Gasteiger partial charge on any atom is -0.362 e. The molecular formula is C20H24N6O. The van der Waals surface area contributed by atoms with Gasteiger partial charge in [0.25, 0.3) is 0 Å². The summed E-state index contributed by atoms with van der Waals surface area (Å²) in [5.41, 5.74) is 10.4. The summed E-state index contributed by atoms with van der Waals surface area (Å²) in [5.74, 6) is 0.895. The van der Waals surface area contributed by atoms with E-state index >= 15 is 0 Å². The lowest BCUT2D eigenvalue weighted by atomic mass is 10.0. The Labute approximate surface area is 158 Å². The van der Waals surface area contributed by atoms with Crippen molar-refractivity contribution in [2.45, 2.75) is 25.4 Å². The van der Waals surface area contributed by atoms with Gasteiger partial charge in [-0.25, -0.2) is 9.97 Å². The summed E-state index contributed by atoms with van der Waals surface area (Å²) in [5, 5.41) is 1.12. The van der Waals surface area contributed by atoms with Crippen LogP contribution in [0.3, 0.4) is 0 Å². The van der Waals surface area contributed by atoms with Gasteiger partial charge in [0.05, 0.1) is 18.3 Å². The van der Waals surface area contributed by atoms with Crippen LogP contribution in [0.4, 0.5) is 5.82 Å². The second-order valence-electron chi connectivity index (χ2n) is 7.20. The number of hydrogen-bond acceptors (Lipinski definition) is 5. The molecule has 4 rings (SSSR count). The molecule has 2 aromatic heterocycles. The first-order valence-corrected chi connectivity index (χ1v) is 9.14. The molecule has 0 fully saturated rings. The molecule has 3 N–H and O–H groups in total. The first-order chi connectivity index (χ1) is 13.0. The summed E-state index contributed by atoms with van der Waals surface area (Å²) in [6.07, 6.45) is 4.77. The van der Waals surface area contributed by atoms with Crippen LogP contribution in [0, 0.1) is 0 Å². The minimum absolute atomic E-state index is 0.0315. The fourth-order valence-electron chi connectivity index (χ4n) is 3.77. The summed E-state index contributed by atoms with van der Waals surface area (Å²) in [6, 6.07) is 7.49. The normalized spacial score (nSPS) is 14.9. The van der Waals surface area contributed by atoms with E-state index in [9.17, 15) is 4.79 Å². The maximum atomic E-state index is 12.9. The van der Waals surface area contributed by atoms with Crippen molar-refractivity contribution in [3.05, 3.63) is 53.6 Å². The zero-order chi connectivity index (χ0) is 19.0. The third kappa shape index (κ3) is 3.26. The van der Waals surface area contributed by atoms with Gasteiger partial charge in [-0.2, -0.15) is 0 Å². The molecule has 3 aromatic rings. The average Bonchev–Trinajstić information content (AvgIpc) is 3.09. The maximum absolute atomic E-state index is 12.9. The lowest BCUT2D eigenvalue weighted by Gasteiger charge is -2.31. The summed E-state index contributed by atoms with van der Waals surface area (Å²) >= 11 is 0. The van der Waals surface area contributed by atoms with E-state index < -0.39 is 6.04 Å². The number of nitrogens with one attached hydrogen (secondary N) is 1. The van der Waals surface area contributed by atoms with E-state index in [4.69, 9.17) is 5.73 Å². The number of carbonyl (C=O) groups is 1. The maximum Gasteiger partial charge on any atom is 0.240 e. The highest BCUT2D eigenvalue weighted by atomic mass is 16.2. The zero-order valence-corrected chi connectivity index (χ0v) is 15.6. The van der Waals surface area contributed by atoms with Crippen LogP contribution in [0.25, 0.3) is 10.9 Å². The number of fused-ring (bicyclic) bond motifs is 2. The molecule has 7 heteroatoms. The van der Waals surface area contributed by atoms with Gasteiger partial charge in [-0.05, 0) is 24.5 Å². The van der Waals surface area contributed by atoms with E-state index in [0.717, 1.165) is 40.0 Å². The number of carbonyl (C=O) groups excluding carboxylic acids is 1. The molecule has 27 heavy (non-hydrogen) atoms. The summed E-state index contributed by atoms with van der Waals surface area (Å²) < 4.78 is 0. The zero-order valence-electron chi connectivity index (χ0n) is 15.6. The topological polar surface area (TPSA) is 91.1 Å². The lowest BCUT2D eigenvalue weighted by Crippen LogP contribution is -2.47. The Bertz CT molecular complexity index is 980. The first kappa shape index (κ1) is 17.5. The van der Waals surface area contributed by atoms with Crippen molar-refractivity contribution < 1.29 is 4.79 Å². The Balaban J connectivity index is 1.49. The Kier molecular flexibility index (Phi) is 4.53. The molecule has 140 valence electrons. The van der Waals surface area contributed by atoms with Crippen LogP contribution < -0.4 is 10.6 Å². The van der Waals surface area contributed by atoms with Crippen molar-refractivity contribution in [2.75, 3.05) is 25.5 Å². The van der Waals surface area contributed by atoms with Gasteiger partial charge in [-0.1, -0.05) is 18.2 Å². The van der Waals surface area contributed by atoms with Gasteiger partial charge in [0, 0.05) is 43.3 Å². The number of nitrogens with two attached hydrogens (primary N) is 1. The van der Waals surface area contributed by atoms with Gasteiger partial charge >= 0.3 is 0 Å². The molecule has 0 aliphatic carbocycles. The van der Waals surface area contributed by atoms with Crippen molar-refractivity contribution in [3.8, 4) is 0 Å². The molecule has 1 amide bonds. The molecule has 0 radical (unpaired) electrons. The van der Waals surface area contributed by atoms with Gasteiger partial charge in [-0.3, -0.25) is 4.79 Å². The van der Waals surface area contributed by atoms with E-state index in [1.807, 2.05) is 48.3 Å². The molecule has 1 aromatic carbocycles. The molecule has 0 saturated heterocycles. The van der Waals surface area contributed by atoms with Crippen LogP contribution in [0.15, 0.2) is 36.8 Å². The van der Waals surface area contributed by atoms with Gasteiger partial charge < -0.3 is 20.5 Å². The van der Waals surface area contributed by atoms with E-state index in [0.29, 0.717) is 19.5 Å². The molecule has 3 heterocycles. The number of aromatic amines is 1. The van der Waals surface area contributed by atoms with Crippen molar-refractivity contribution in [3.63, 3.8) is 0 Å². The molecule has 0 unspecified atom stereocenters. The fourth-order valence-corrected chi connectivity index (χ4v) is 3.77. The molecule has 0 bridgehead atoms. The smallest absolute Gasteiger partial charge is 0.240 e. The van der Waals surface area contributed by atoms with Crippen LogP contribution in [-0.4, -0.2) is 52.4 Å². The summed E-state index contributed by atoms with van der Waals surface area (Å²) in [4.78, 5) is 28.7. The van der Waals surface area contributed by atoms with E-state index in [-0.39, 0.29) is 5.91 Å². The highest BCUT2D eigenvalue weighted by molar-refractivity contribution is 5.86. The SMILES string of the molecule is CN(C)c1ncnc2c1CCN(C(=O)[C@H](N)Cc1c[nH]c3ccccc13)C2. The standard InChI is InChI=1S/C20H24N6O/c1-25(2)19-15-7-8-26(11-18(15)23-12-24-19)20(27)16(21)9-13-10-22-17-6-4-3-5-14(13)17/h3-6,10,12,16,22H,7-9,11,21H2,1-2H3/t16-/m1/s1. The molecule has 1 aliphatic heterocycles. The van der Waals surface area contributed by atoms with Crippen molar-refractivity contribution in [1.82, 2.24) is 19.9 Å². The quantitative estimate of drug-likeness (QED) is 0.732. The highest BCUT2D eigenvalue weighted by Crippen LogP contribution is 2.25. The molecule has 0 spiro atoms. The predicted molar refractivity (Wildman–Crippen MR) is 105 cm³/mol. The van der Waals surface area contributed by atoms with Crippen LogP contribution in [0.1, 0.15) is 16.8 Å².